The van der Waals surface area contributed by atoms with Crippen LogP contribution in [0.2, 0.25) is 0 Å². The molecule has 0 spiro atoms. The van der Waals surface area contributed by atoms with Gasteiger partial charge in [-0.15, -0.1) is 0 Å². The van der Waals surface area contributed by atoms with Crippen molar-refractivity contribution < 1.29 is 10.2 Å². The third kappa shape index (κ3) is 4.72. The molecule has 2 fully saturated rings. The molecule has 0 bridgehead atoms. The van der Waals surface area contributed by atoms with Gasteiger partial charge >= 0.3 is 0 Å². The lowest BCUT2D eigenvalue weighted by Crippen LogP contribution is -2.41. The topological polar surface area (TPSA) is 40.5 Å². The molecule has 2 saturated carbocycles. The Morgan fingerprint density at radius 2 is 1.83 bits per heavy atom. The Labute approximate surface area is 144 Å². The lowest BCUT2D eigenvalue weighted by atomic mass is 9.60. The number of hydrogen-bond acceptors (Lipinski definition) is 2. The fourth-order valence-electron chi connectivity index (χ4n) is 5.77. The number of fused-ring (bicyclic) bond motifs is 1. The first-order valence-electron chi connectivity index (χ1n) is 10.2. The number of aliphatic hydroxyl groups is 2. The average molecular weight is 325 g/mol. The van der Waals surface area contributed by atoms with E-state index in [1.54, 1.807) is 0 Å². The second-order valence-corrected chi connectivity index (χ2v) is 9.36. The van der Waals surface area contributed by atoms with E-state index in [0.29, 0.717) is 11.3 Å². The molecule has 0 aliphatic heterocycles. The average Bonchev–Trinajstić information content (AvgIpc) is 2.80. The third-order valence-electron chi connectivity index (χ3n) is 7.02. The molecule has 0 heterocycles. The van der Waals surface area contributed by atoms with Gasteiger partial charge in [-0.25, -0.2) is 0 Å². The van der Waals surface area contributed by atoms with E-state index in [0.717, 1.165) is 31.1 Å². The Balaban J connectivity index is 2.02. The van der Waals surface area contributed by atoms with Crippen molar-refractivity contribution in [3.63, 3.8) is 0 Å². The zero-order valence-electron chi connectivity index (χ0n) is 16.0. The summed E-state index contributed by atoms with van der Waals surface area (Å²) in [6, 6.07) is 0. The summed E-state index contributed by atoms with van der Waals surface area (Å²) in [6.45, 7) is 8.63. The highest BCUT2D eigenvalue weighted by atomic mass is 16.3. The van der Waals surface area contributed by atoms with Gasteiger partial charge in [0, 0.05) is 0 Å². The van der Waals surface area contributed by atoms with Crippen LogP contribution < -0.4 is 0 Å². The van der Waals surface area contributed by atoms with Gasteiger partial charge in [-0.3, -0.25) is 0 Å². The summed E-state index contributed by atoms with van der Waals surface area (Å²) in [7, 11) is 0. The molecule has 0 saturated heterocycles. The van der Waals surface area contributed by atoms with Crippen LogP contribution in [-0.2, 0) is 0 Å². The van der Waals surface area contributed by atoms with Crippen LogP contribution >= 0.6 is 0 Å². The number of hydrogen-bond donors (Lipinski definition) is 2. The number of aliphatic hydroxyl groups excluding tert-OH is 1. The van der Waals surface area contributed by atoms with Crippen LogP contribution in [-0.4, -0.2) is 21.9 Å². The lowest BCUT2D eigenvalue weighted by Gasteiger charge is -2.46. The van der Waals surface area contributed by atoms with Crippen LogP contribution in [0.15, 0.2) is 0 Å². The van der Waals surface area contributed by atoms with Gasteiger partial charge in [-0.05, 0) is 69.1 Å². The Bertz CT molecular complexity index is 359. The molecular formula is C21H40O2. The normalized spacial score (nSPS) is 36.0. The maximum Gasteiger partial charge on any atom is 0.0591 e. The first-order chi connectivity index (χ1) is 10.8. The van der Waals surface area contributed by atoms with E-state index < -0.39 is 5.60 Å². The summed E-state index contributed by atoms with van der Waals surface area (Å²) in [5.74, 6) is 2.12. The van der Waals surface area contributed by atoms with Crippen molar-refractivity contribution in [3.05, 3.63) is 0 Å². The number of unbranched alkanes of at least 4 members (excludes halogenated alkanes) is 1. The molecule has 0 aromatic heterocycles. The maximum absolute atomic E-state index is 10.5. The van der Waals surface area contributed by atoms with Crippen molar-refractivity contribution in [2.24, 2.45) is 23.2 Å². The maximum atomic E-state index is 10.5. The molecule has 2 heteroatoms. The fourth-order valence-corrected chi connectivity index (χ4v) is 5.77. The van der Waals surface area contributed by atoms with Crippen LogP contribution in [0.1, 0.15) is 98.3 Å². The van der Waals surface area contributed by atoms with Gasteiger partial charge in [-0.2, -0.15) is 0 Å². The van der Waals surface area contributed by atoms with Crippen LogP contribution in [0.25, 0.3) is 0 Å². The van der Waals surface area contributed by atoms with E-state index in [-0.39, 0.29) is 6.10 Å². The Morgan fingerprint density at radius 1 is 1.13 bits per heavy atom. The molecule has 2 aliphatic rings. The second kappa shape index (κ2) is 7.87. The highest BCUT2D eigenvalue weighted by molar-refractivity contribution is 5.02. The molecule has 136 valence electrons. The predicted molar refractivity (Wildman–Crippen MR) is 97.3 cm³/mol. The number of rotatable bonds is 8. The van der Waals surface area contributed by atoms with E-state index in [4.69, 9.17) is 0 Å². The van der Waals surface area contributed by atoms with Crippen molar-refractivity contribution >= 4 is 0 Å². The summed E-state index contributed by atoms with van der Waals surface area (Å²) in [5.41, 5.74) is -0.163. The summed E-state index contributed by atoms with van der Waals surface area (Å²) in [4.78, 5) is 0. The minimum Gasteiger partial charge on any atom is -0.393 e. The molecule has 2 nitrogen and oxygen atoms in total. The zero-order valence-corrected chi connectivity index (χ0v) is 16.0. The van der Waals surface area contributed by atoms with Gasteiger partial charge in [0.1, 0.15) is 0 Å². The van der Waals surface area contributed by atoms with Crippen molar-refractivity contribution in [1.82, 2.24) is 0 Å². The van der Waals surface area contributed by atoms with Crippen LogP contribution in [0.5, 0.6) is 0 Å². The van der Waals surface area contributed by atoms with Gasteiger partial charge < -0.3 is 10.2 Å². The monoisotopic (exact) mass is 324 g/mol. The summed E-state index contributed by atoms with van der Waals surface area (Å²) in [6.07, 6.45) is 13.3. The van der Waals surface area contributed by atoms with Gasteiger partial charge in [0.15, 0.2) is 0 Å². The van der Waals surface area contributed by atoms with Gasteiger partial charge in [0.25, 0.3) is 0 Å². The smallest absolute Gasteiger partial charge is 0.0591 e. The van der Waals surface area contributed by atoms with E-state index in [1.807, 2.05) is 13.8 Å². The first kappa shape index (κ1) is 19.2. The van der Waals surface area contributed by atoms with Crippen molar-refractivity contribution in [2.75, 3.05) is 0 Å². The van der Waals surface area contributed by atoms with Gasteiger partial charge in [0.2, 0.25) is 0 Å². The molecular weight excluding hydrogens is 284 g/mol. The van der Waals surface area contributed by atoms with E-state index in [2.05, 4.69) is 13.8 Å². The Hall–Kier alpha value is -0.0800. The molecule has 0 aromatic rings. The Kier molecular flexibility index (Phi) is 6.58. The molecule has 2 rings (SSSR count). The van der Waals surface area contributed by atoms with Crippen LogP contribution in [0.4, 0.5) is 0 Å². The van der Waals surface area contributed by atoms with Gasteiger partial charge in [-0.1, -0.05) is 52.4 Å². The van der Waals surface area contributed by atoms with Crippen molar-refractivity contribution in [3.8, 4) is 0 Å². The highest BCUT2D eigenvalue weighted by Crippen LogP contribution is 2.59. The van der Waals surface area contributed by atoms with E-state index in [9.17, 15) is 10.2 Å². The SMILES string of the molecule is CCCCC(CCCC(C)(C)O)[C@H]1CCC2[C@@H](O)CCC[C@@]21C. The standard InChI is InChI=1S/C21H40O2/c1-5-6-9-16(10-7-14-20(2,3)23)17-12-13-18-19(22)11-8-15-21(17,18)4/h16-19,22-23H,5-15H2,1-4H3/t16?,17-,18?,19+,21-/m1/s1. The highest BCUT2D eigenvalue weighted by Gasteiger charge is 2.52. The van der Waals surface area contributed by atoms with Crippen LogP contribution in [0, 0.1) is 23.2 Å². The van der Waals surface area contributed by atoms with Crippen molar-refractivity contribution in [2.45, 2.75) is 110 Å². The zero-order chi connectivity index (χ0) is 17.1. The van der Waals surface area contributed by atoms with E-state index in [1.165, 1.54) is 51.4 Å². The van der Waals surface area contributed by atoms with Crippen LogP contribution in [0.3, 0.4) is 0 Å². The third-order valence-corrected chi connectivity index (χ3v) is 7.02. The second-order valence-electron chi connectivity index (χ2n) is 9.36. The summed E-state index contributed by atoms with van der Waals surface area (Å²) < 4.78 is 0. The molecule has 23 heavy (non-hydrogen) atoms. The largest absolute Gasteiger partial charge is 0.393 e. The minimum atomic E-state index is -0.529. The minimum absolute atomic E-state index is 0.0537. The van der Waals surface area contributed by atoms with Crippen molar-refractivity contribution in [1.29, 1.82) is 0 Å². The quantitative estimate of drug-likeness (QED) is 0.635. The molecule has 0 radical (unpaired) electrons. The molecule has 0 aromatic carbocycles. The molecule has 0 amide bonds. The Morgan fingerprint density at radius 3 is 2.48 bits per heavy atom. The predicted octanol–water partition coefficient (Wildman–Crippen LogP) is 5.31. The van der Waals surface area contributed by atoms with E-state index >= 15 is 0 Å². The fraction of sp³-hybridized carbons (Fsp3) is 1.00. The lowest BCUT2D eigenvalue weighted by molar-refractivity contribution is -0.0313. The summed E-state index contributed by atoms with van der Waals surface area (Å²) >= 11 is 0. The van der Waals surface area contributed by atoms with Gasteiger partial charge in [0.05, 0.1) is 11.7 Å². The first-order valence-corrected chi connectivity index (χ1v) is 10.2. The summed E-state index contributed by atoms with van der Waals surface area (Å²) in [5, 5.41) is 20.5. The molecule has 5 atom stereocenters. The molecule has 2 unspecified atom stereocenters. The molecule has 2 aliphatic carbocycles. The molecule has 2 N–H and O–H groups in total.